The van der Waals surface area contributed by atoms with E-state index in [0.717, 1.165) is 25.2 Å². The highest BCUT2D eigenvalue weighted by molar-refractivity contribution is 5.81. The normalized spacial score (nSPS) is 35.8. The third-order valence-electron chi connectivity index (χ3n) is 5.20. The van der Waals surface area contributed by atoms with Crippen LogP contribution in [-0.4, -0.2) is 49.2 Å². The Labute approximate surface area is 123 Å². The zero-order valence-corrected chi connectivity index (χ0v) is 13.3. The number of nitrogens with one attached hydrogen (secondary N) is 1. The molecule has 3 atom stereocenters. The molecule has 0 radical (unpaired) electrons. The lowest BCUT2D eigenvalue weighted by atomic mass is 9.97. The second-order valence-electron chi connectivity index (χ2n) is 6.52. The predicted molar refractivity (Wildman–Crippen MR) is 80.7 cm³/mol. The van der Waals surface area contributed by atoms with Crippen molar-refractivity contribution in [3.63, 3.8) is 0 Å². The zero-order chi connectivity index (χ0) is 14.6. The minimum Gasteiger partial charge on any atom is -0.465 e. The first kappa shape index (κ1) is 15.8. The molecule has 3 unspecified atom stereocenters. The first-order valence-electron chi connectivity index (χ1n) is 8.21. The van der Waals surface area contributed by atoms with Crippen LogP contribution in [0, 0.1) is 5.92 Å². The Balaban J connectivity index is 1.97. The van der Waals surface area contributed by atoms with Crippen LogP contribution in [0.1, 0.15) is 52.4 Å². The third-order valence-corrected chi connectivity index (χ3v) is 5.20. The molecule has 0 aromatic carbocycles. The van der Waals surface area contributed by atoms with Crippen LogP contribution < -0.4 is 5.32 Å². The topological polar surface area (TPSA) is 41.6 Å². The zero-order valence-electron chi connectivity index (χ0n) is 13.3. The maximum Gasteiger partial charge on any atom is 0.326 e. The molecular formula is C16H30N2O2. The second-order valence-corrected chi connectivity index (χ2v) is 6.52. The lowest BCUT2D eigenvalue weighted by molar-refractivity contribution is -0.151. The van der Waals surface area contributed by atoms with Gasteiger partial charge in [-0.05, 0) is 71.5 Å². The van der Waals surface area contributed by atoms with Gasteiger partial charge < -0.3 is 15.0 Å². The average molecular weight is 282 g/mol. The summed E-state index contributed by atoms with van der Waals surface area (Å²) in [5.41, 5.74) is -0.446. The van der Waals surface area contributed by atoms with Gasteiger partial charge >= 0.3 is 5.97 Å². The number of likely N-dealkylation sites (N-methyl/N-ethyl adjacent to an activating group) is 1. The summed E-state index contributed by atoms with van der Waals surface area (Å²) in [6, 6.07) is 0.539. The summed E-state index contributed by atoms with van der Waals surface area (Å²) >= 11 is 0. The number of carbonyl (C=O) groups excluding carboxylic acids is 1. The van der Waals surface area contributed by atoms with Gasteiger partial charge in [-0.3, -0.25) is 4.79 Å². The van der Waals surface area contributed by atoms with Crippen LogP contribution in [0.15, 0.2) is 0 Å². The number of ether oxygens (including phenoxy) is 1. The molecule has 1 aliphatic heterocycles. The molecule has 116 valence electrons. The highest BCUT2D eigenvalue weighted by Crippen LogP contribution is 2.35. The molecule has 2 aliphatic rings. The molecule has 1 heterocycles. The van der Waals surface area contributed by atoms with Crippen molar-refractivity contribution in [2.24, 2.45) is 5.92 Å². The maximum atomic E-state index is 12.2. The Hall–Kier alpha value is -0.610. The summed E-state index contributed by atoms with van der Waals surface area (Å²) in [6.07, 6.45) is 6.84. The van der Waals surface area contributed by atoms with Gasteiger partial charge in [-0.25, -0.2) is 0 Å². The van der Waals surface area contributed by atoms with Gasteiger partial charge in [0.2, 0.25) is 0 Å². The molecular weight excluding hydrogens is 252 g/mol. The van der Waals surface area contributed by atoms with Crippen LogP contribution in [0.4, 0.5) is 0 Å². The molecule has 0 aromatic heterocycles. The molecule has 0 spiro atoms. The van der Waals surface area contributed by atoms with Gasteiger partial charge in [0, 0.05) is 6.04 Å². The molecule has 2 rings (SSSR count). The summed E-state index contributed by atoms with van der Waals surface area (Å²) in [5, 5.41) is 3.25. The van der Waals surface area contributed by atoms with Gasteiger partial charge in [-0.1, -0.05) is 6.92 Å². The highest BCUT2D eigenvalue weighted by atomic mass is 16.5. The van der Waals surface area contributed by atoms with E-state index < -0.39 is 5.54 Å². The predicted octanol–water partition coefficient (Wildman–Crippen LogP) is 2.18. The van der Waals surface area contributed by atoms with E-state index in [1.165, 1.54) is 32.4 Å². The van der Waals surface area contributed by atoms with Crippen molar-refractivity contribution >= 4 is 5.97 Å². The van der Waals surface area contributed by atoms with Crippen LogP contribution in [0.3, 0.4) is 0 Å². The first-order chi connectivity index (χ1) is 9.61. The van der Waals surface area contributed by atoms with Crippen LogP contribution in [0.5, 0.6) is 0 Å². The molecule has 1 N–H and O–H groups in total. The third kappa shape index (κ3) is 3.34. The van der Waals surface area contributed by atoms with Crippen molar-refractivity contribution in [1.29, 1.82) is 0 Å². The summed E-state index contributed by atoms with van der Waals surface area (Å²) in [5.74, 6) is 0.786. The summed E-state index contributed by atoms with van der Waals surface area (Å²) in [6.45, 7) is 7.08. The van der Waals surface area contributed by atoms with Crippen molar-refractivity contribution in [3.8, 4) is 0 Å². The fraction of sp³-hybridized carbons (Fsp3) is 0.938. The van der Waals surface area contributed by atoms with E-state index in [9.17, 15) is 4.79 Å². The van der Waals surface area contributed by atoms with Gasteiger partial charge in [0.15, 0.2) is 0 Å². The SMILES string of the molecule is CCOC(=O)C1(NC)CCC(N2CCCC(C)CC2)C1. The Morgan fingerprint density at radius 3 is 2.85 bits per heavy atom. The molecule has 2 fully saturated rings. The van der Waals surface area contributed by atoms with E-state index in [4.69, 9.17) is 4.74 Å². The summed E-state index contributed by atoms with van der Waals surface area (Å²) in [7, 11) is 1.89. The Morgan fingerprint density at radius 2 is 2.15 bits per heavy atom. The van der Waals surface area contributed by atoms with Crippen LogP contribution in [0.2, 0.25) is 0 Å². The second kappa shape index (κ2) is 6.90. The fourth-order valence-corrected chi connectivity index (χ4v) is 3.77. The van der Waals surface area contributed by atoms with E-state index in [1.54, 1.807) is 0 Å². The van der Waals surface area contributed by atoms with Crippen molar-refractivity contribution in [3.05, 3.63) is 0 Å². The quantitative estimate of drug-likeness (QED) is 0.803. The molecule has 0 aromatic rings. The molecule has 1 aliphatic carbocycles. The lowest BCUT2D eigenvalue weighted by Crippen LogP contribution is -2.50. The number of nitrogens with zero attached hydrogens (tertiary/aromatic N) is 1. The van der Waals surface area contributed by atoms with E-state index in [-0.39, 0.29) is 5.97 Å². The summed E-state index contributed by atoms with van der Waals surface area (Å²) < 4.78 is 5.28. The molecule has 1 saturated heterocycles. The van der Waals surface area contributed by atoms with Crippen LogP contribution in [0.25, 0.3) is 0 Å². The first-order valence-corrected chi connectivity index (χ1v) is 8.21. The maximum absolute atomic E-state index is 12.2. The Kier molecular flexibility index (Phi) is 5.44. The molecule has 20 heavy (non-hydrogen) atoms. The number of hydrogen-bond acceptors (Lipinski definition) is 4. The van der Waals surface area contributed by atoms with Gasteiger partial charge in [0.25, 0.3) is 0 Å². The van der Waals surface area contributed by atoms with Crippen LogP contribution >= 0.6 is 0 Å². The average Bonchev–Trinajstić information content (AvgIpc) is 2.77. The van der Waals surface area contributed by atoms with E-state index >= 15 is 0 Å². The van der Waals surface area contributed by atoms with Crippen molar-refractivity contribution in [1.82, 2.24) is 10.2 Å². The van der Waals surface area contributed by atoms with Crippen molar-refractivity contribution in [2.45, 2.75) is 64.0 Å². The lowest BCUT2D eigenvalue weighted by Gasteiger charge is -2.30. The number of esters is 1. The van der Waals surface area contributed by atoms with Gasteiger partial charge in [-0.15, -0.1) is 0 Å². The van der Waals surface area contributed by atoms with E-state index in [2.05, 4.69) is 17.1 Å². The largest absolute Gasteiger partial charge is 0.465 e. The minimum absolute atomic E-state index is 0.0619. The summed E-state index contributed by atoms with van der Waals surface area (Å²) in [4.78, 5) is 14.9. The molecule has 4 heteroatoms. The Bertz CT molecular complexity index is 334. The number of rotatable bonds is 4. The van der Waals surface area contributed by atoms with Gasteiger partial charge in [0.05, 0.1) is 6.61 Å². The monoisotopic (exact) mass is 282 g/mol. The molecule has 1 saturated carbocycles. The fourth-order valence-electron chi connectivity index (χ4n) is 3.77. The molecule has 0 amide bonds. The molecule has 0 bridgehead atoms. The van der Waals surface area contributed by atoms with Crippen molar-refractivity contribution < 1.29 is 9.53 Å². The van der Waals surface area contributed by atoms with Crippen molar-refractivity contribution in [2.75, 3.05) is 26.7 Å². The van der Waals surface area contributed by atoms with Crippen LogP contribution in [-0.2, 0) is 9.53 Å². The van der Waals surface area contributed by atoms with Gasteiger partial charge in [0.1, 0.15) is 5.54 Å². The smallest absolute Gasteiger partial charge is 0.326 e. The van der Waals surface area contributed by atoms with E-state index in [0.29, 0.717) is 12.6 Å². The molecule has 4 nitrogen and oxygen atoms in total. The Morgan fingerprint density at radius 1 is 1.35 bits per heavy atom. The minimum atomic E-state index is -0.446. The van der Waals surface area contributed by atoms with E-state index in [1.807, 2.05) is 14.0 Å². The number of hydrogen-bond donors (Lipinski definition) is 1. The standard InChI is InChI=1S/C16H30N2O2/c1-4-20-15(19)16(17-3)9-7-14(12-16)18-10-5-6-13(2)8-11-18/h13-14,17H,4-12H2,1-3H3. The highest BCUT2D eigenvalue weighted by Gasteiger charge is 2.46. The number of likely N-dealkylation sites (tertiary alicyclic amines) is 1. The number of carbonyl (C=O) groups is 1. The van der Waals surface area contributed by atoms with Gasteiger partial charge in [-0.2, -0.15) is 0 Å².